The van der Waals surface area contributed by atoms with E-state index in [0.717, 1.165) is 24.7 Å². The highest BCUT2D eigenvalue weighted by Crippen LogP contribution is 2.39. The Morgan fingerprint density at radius 2 is 2.33 bits per heavy atom. The zero-order chi connectivity index (χ0) is 13.1. The van der Waals surface area contributed by atoms with Gasteiger partial charge >= 0.3 is 5.97 Å². The third kappa shape index (κ3) is 2.13. The molecule has 2 rings (SSSR count). The van der Waals surface area contributed by atoms with Crippen molar-refractivity contribution in [2.24, 2.45) is 0 Å². The molecule has 1 aromatic carbocycles. The molecule has 0 radical (unpaired) electrons. The van der Waals surface area contributed by atoms with Crippen molar-refractivity contribution in [1.29, 1.82) is 0 Å². The molecule has 1 N–H and O–H groups in total. The lowest BCUT2D eigenvalue weighted by Crippen LogP contribution is -2.13. The van der Waals surface area contributed by atoms with Crippen LogP contribution in [0.3, 0.4) is 0 Å². The molecule has 96 valence electrons. The van der Waals surface area contributed by atoms with Gasteiger partial charge in [-0.15, -0.1) is 0 Å². The first-order chi connectivity index (χ1) is 8.69. The molecule has 1 unspecified atom stereocenters. The number of hydrogen-bond acceptors (Lipinski definition) is 3. The van der Waals surface area contributed by atoms with Crippen LogP contribution in [0.2, 0.25) is 0 Å². The van der Waals surface area contributed by atoms with Gasteiger partial charge in [-0.3, -0.25) is 0 Å². The van der Waals surface area contributed by atoms with Gasteiger partial charge < -0.3 is 9.84 Å². The van der Waals surface area contributed by atoms with E-state index in [0.29, 0.717) is 12.2 Å². The van der Waals surface area contributed by atoms with Crippen LogP contribution in [-0.2, 0) is 16.0 Å². The van der Waals surface area contributed by atoms with Crippen LogP contribution in [-0.4, -0.2) is 17.7 Å². The smallest absolute Gasteiger partial charge is 0.337 e. The van der Waals surface area contributed by atoms with Crippen LogP contribution in [0.15, 0.2) is 30.0 Å². The maximum Gasteiger partial charge on any atom is 0.337 e. The molecule has 3 heteroatoms. The predicted molar refractivity (Wildman–Crippen MR) is 69.6 cm³/mol. The quantitative estimate of drug-likeness (QED) is 0.506. The van der Waals surface area contributed by atoms with Crippen LogP contribution in [0.1, 0.15) is 36.0 Å². The number of hydrogen-bond donors (Lipinski definition) is 1. The molecule has 1 aromatic rings. The highest BCUT2D eigenvalue weighted by Gasteiger charge is 2.30. The fourth-order valence-corrected chi connectivity index (χ4v) is 2.66. The summed E-state index contributed by atoms with van der Waals surface area (Å²) in [5.74, 6) is -0.455. The minimum absolute atomic E-state index is 0.0380. The molecular weight excluding hydrogens is 228 g/mol. The summed E-state index contributed by atoms with van der Waals surface area (Å²) in [4.78, 5) is 11.8. The number of ether oxygens (including phenoxy) is 1. The molecule has 1 aliphatic carbocycles. The molecule has 1 aliphatic rings. The summed E-state index contributed by atoms with van der Waals surface area (Å²) in [5.41, 5.74) is 4.05. The van der Waals surface area contributed by atoms with Gasteiger partial charge in [0.15, 0.2) is 0 Å². The Morgan fingerprint density at radius 3 is 3.00 bits per heavy atom. The minimum Gasteiger partial charge on any atom is -0.515 e. The van der Waals surface area contributed by atoms with Crippen LogP contribution < -0.4 is 0 Å². The van der Waals surface area contributed by atoms with Crippen LogP contribution in [0.5, 0.6) is 0 Å². The number of aliphatic hydroxyl groups excluding tert-OH is 1. The zero-order valence-corrected chi connectivity index (χ0v) is 10.8. The van der Waals surface area contributed by atoms with E-state index in [-0.39, 0.29) is 5.92 Å². The fourth-order valence-electron chi connectivity index (χ4n) is 2.66. The molecule has 0 aromatic heterocycles. The van der Waals surface area contributed by atoms with E-state index in [1.54, 1.807) is 6.92 Å². The number of carbonyl (C=O) groups excluding carboxylic acids is 1. The highest BCUT2D eigenvalue weighted by molar-refractivity contribution is 5.90. The van der Waals surface area contributed by atoms with Crippen molar-refractivity contribution < 1.29 is 14.6 Å². The summed E-state index contributed by atoms with van der Waals surface area (Å²) in [6, 6.07) is 6.10. The molecule has 0 fully saturated rings. The summed E-state index contributed by atoms with van der Waals surface area (Å²) in [7, 11) is 0. The molecule has 1 atom stereocenters. The molecule has 0 heterocycles. The van der Waals surface area contributed by atoms with Gasteiger partial charge in [0.05, 0.1) is 18.4 Å². The second kappa shape index (κ2) is 5.25. The van der Waals surface area contributed by atoms with Gasteiger partial charge in [0, 0.05) is 5.92 Å². The summed E-state index contributed by atoms with van der Waals surface area (Å²) in [5, 5.41) is 9.32. The highest BCUT2D eigenvalue weighted by atomic mass is 16.5. The minimum atomic E-state index is -0.417. The Kier molecular flexibility index (Phi) is 3.70. The molecular formula is C15H18O3. The molecule has 0 bridgehead atoms. The monoisotopic (exact) mass is 246 g/mol. The molecule has 0 saturated carbocycles. The number of fused-ring (bicyclic) bond motifs is 1. The average molecular weight is 246 g/mol. The molecule has 0 aliphatic heterocycles. The second-order valence-electron chi connectivity index (χ2n) is 4.54. The standard InChI is InChI=1S/C15H18O3/c1-3-18-15(17)14(9-16)13-8-7-11-10(2)5-4-6-12(11)13/h4-6,9,13,16H,3,7-8H2,1-2H3/b14-9+. The molecule has 0 amide bonds. The van der Waals surface area contributed by atoms with E-state index in [1.165, 1.54) is 11.1 Å². The first-order valence-electron chi connectivity index (χ1n) is 6.28. The number of benzene rings is 1. The van der Waals surface area contributed by atoms with Gasteiger partial charge in [0.2, 0.25) is 0 Å². The third-order valence-electron chi connectivity index (χ3n) is 3.53. The lowest BCUT2D eigenvalue weighted by molar-refractivity contribution is -0.139. The van der Waals surface area contributed by atoms with Crippen molar-refractivity contribution >= 4 is 5.97 Å². The lowest BCUT2D eigenvalue weighted by atomic mass is 9.92. The van der Waals surface area contributed by atoms with Crippen molar-refractivity contribution in [1.82, 2.24) is 0 Å². The topological polar surface area (TPSA) is 46.5 Å². The number of aliphatic hydroxyl groups is 1. The summed E-state index contributed by atoms with van der Waals surface area (Å²) in [6.45, 7) is 4.16. The summed E-state index contributed by atoms with van der Waals surface area (Å²) in [6.07, 6.45) is 2.70. The van der Waals surface area contributed by atoms with Crippen LogP contribution >= 0.6 is 0 Å². The van der Waals surface area contributed by atoms with E-state index >= 15 is 0 Å². The van der Waals surface area contributed by atoms with Gasteiger partial charge in [0.1, 0.15) is 0 Å². The summed E-state index contributed by atoms with van der Waals surface area (Å²) < 4.78 is 4.99. The molecule has 0 spiro atoms. The van der Waals surface area contributed by atoms with Crippen LogP contribution in [0.4, 0.5) is 0 Å². The number of carbonyl (C=O) groups is 1. The number of rotatable bonds is 3. The number of esters is 1. The average Bonchev–Trinajstić information content (AvgIpc) is 2.76. The molecule has 0 saturated heterocycles. The van der Waals surface area contributed by atoms with Crippen molar-refractivity contribution in [3.05, 3.63) is 46.7 Å². The van der Waals surface area contributed by atoms with E-state index in [4.69, 9.17) is 4.74 Å². The fraction of sp³-hybridized carbons (Fsp3) is 0.400. The van der Waals surface area contributed by atoms with Crippen LogP contribution in [0.25, 0.3) is 0 Å². The van der Waals surface area contributed by atoms with Gasteiger partial charge in [-0.05, 0) is 43.4 Å². The Morgan fingerprint density at radius 1 is 1.56 bits per heavy atom. The first kappa shape index (κ1) is 12.7. The predicted octanol–water partition coefficient (Wildman–Crippen LogP) is 3.03. The van der Waals surface area contributed by atoms with Gasteiger partial charge in [-0.1, -0.05) is 18.2 Å². The van der Waals surface area contributed by atoms with Crippen molar-refractivity contribution in [2.45, 2.75) is 32.6 Å². The second-order valence-corrected chi connectivity index (χ2v) is 4.54. The maximum atomic E-state index is 11.8. The Balaban J connectivity index is 2.33. The largest absolute Gasteiger partial charge is 0.515 e. The Labute approximate surface area is 107 Å². The normalized spacial score (nSPS) is 18.6. The maximum absolute atomic E-state index is 11.8. The van der Waals surface area contributed by atoms with Crippen LogP contribution in [0, 0.1) is 6.92 Å². The van der Waals surface area contributed by atoms with E-state index in [9.17, 15) is 9.90 Å². The van der Waals surface area contributed by atoms with Gasteiger partial charge in [-0.2, -0.15) is 0 Å². The van der Waals surface area contributed by atoms with Crippen molar-refractivity contribution in [3.8, 4) is 0 Å². The Hall–Kier alpha value is -1.77. The van der Waals surface area contributed by atoms with E-state index < -0.39 is 5.97 Å². The van der Waals surface area contributed by atoms with Crippen molar-refractivity contribution in [3.63, 3.8) is 0 Å². The van der Waals surface area contributed by atoms with E-state index in [1.807, 2.05) is 12.1 Å². The van der Waals surface area contributed by atoms with Gasteiger partial charge in [0.25, 0.3) is 0 Å². The van der Waals surface area contributed by atoms with E-state index in [2.05, 4.69) is 13.0 Å². The third-order valence-corrected chi connectivity index (χ3v) is 3.53. The van der Waals surface area contributed by atoms with Gasteiger partial charge in [-0.25, -0.2) is 4.79 Å². The summed E-state index contributed by atoms with van der Waals surface area (Å²) >= 11 is 0. The lowest BCUT2D eigenvalue weighted by Gasteiger charge is -2.14. The number of aryl methyl sites for hydroxylation is 1. The molecule has 3 nitrogen and oxygen atoms in total. The zero-order valence-electron chi connectivity index (χ0n) is 10.8. The molecule has 18 heavy (non-hydrogen) atoms. The SMILES string of the molecule is CCOC(=O)/C(=C/O)C1CCc2c(C)cccc21. The van der Waals surface area contributed by atoms with Crippen molar-refractivity contribution in [2.75, 3.05) is 6.61 Å². The Bertz CT molecular complexity index is 489. The first-order valence-corrected chi connectivity index (χ1v) is 6.28.